The molecule has 0 fully saturated rings. The highest BCUT2D eigenvalue weighted by Gasteiger charge is 2.09. The molecular weight excluding hydrogens is 265 g/mol. The molecule has 0 aromatic heterocycles. The second-order valence-electron chi connectivity index (χ2n) is 3.60. The summed E-state index contributed by atoms with van der Waals surface area (Å²) in [5.41, 5.74) is 5.51. The summed E-state index contributed by atoms with van der Waals surface area (Å²) >= 11 is 5.52. The van der Waals surface area contributed by atoms with Crippen molar-refractivity contribution in [1.82, 2.24) is 0 Å². The summed E-state index contributed by atoms with van der Waals surface area (Å²) in [5.74, 6) is -2.30. The monoisotopic (exact) mass is 272 g/mol. The van der Waals surface area contributed by atoms with Crippen molar-refractivity contribution in [2.24, 2.45) is 0 Å². The Hall–Kier alpha value is -1.88. The first-order valence-corrected chi connectivity index (χ1v) is 5.32. The molecule has 0 spiro atoms. The molecule has 6 heteroatoms. The summed E-state index contributed by atoms with van der Waals surface area (Å²) in [6.45, 7) is 0. The molecule has 94 valence electrons. The molecule has 0 radical (unpaired) electrons. The van der Waals surface area contributed by atoms with Crippen LogP contribution in [0.4, 0.5) is 30.2 Å². The lowest BCUT2D eigenvalue weighted by molar-refractivity contribution is 0.587. The molecule has 0 unspecified atom stereocenters. The van der Waals surface area contributed by atoms with Gasteiger partial charge in [-0.25, -0.2) is 13.2 Å². The van der Waals surface area contributed by atoms with Crippen molar-refractivity contribution in [3.05, 3.63) is 52.8 Å². The molecule has 0 saturated carbocycles. The summed E-state index contributed by atoms with van der Waals surface area (Å²) < 4.78 is 39.4. The van der Waals surface area contributed by atoms with Gasteiger partial charge < -0.3 is 11.1 Å². The summed E-state index contributed by atoms with van der Waals surface area (Å²) in [6, 6.07) is 5.58. The Morgan fingerprint density at radius 2 is 1.72 bits per heavy atom. The molecule has 0 aliphatic carbocycles. The van der Waals surface area contributed by atoms with E-state index in [-0.39, 0.29) is 22.1 Å². The third-order valence-electron chi connectivity index (χ3n) is 2.29. The van der Waals surface area contributed by atoms with Crippen LogP contribution in [0.1, 0.15) is 0 Å². The predicted octanol–water partition coefficient (Wildman–Crippen LogP) is 4.08. The normalized spacial score (nSPS) is 10.4. The Bertz CT molecular complexity index is 602. The van der Waals surface area contributed by atoms with Gasteiger partial charge in [0.25, 0.3) is 0 Å². The van der Waals surface area contributed by atoms with Gasteiger partial charge in [0.05, 0.1) is 16.4 Å². The van der Waals surface area contributed by atoms with Crippen LogP contribution in [0.2, 0.25) is 5.02 Å². The van der Waals surface area contributed by atoms with Crippen molar-refractivity contribution in [2.75, 3.05) is 11.1 Å². The smallest absolute Gasteiger partial charge is 0.151 e. The lowest BCUT2D eigenvalue weighted by Gasteiger charge is -2.10. The number of hydrogen-bond donors (Lipinski definition) is 2. The first-order valence-electron chi connectivity index (χ1n) is 4.94. The van der Waals surface area contributed by atoms with E-state index in [0.717, 1.165) is 12.1 Å². The number of benzene rings is 2. The van der Waals surface area contributed by atoms with E-state index in [1.807, 2.05) is 0 Å². The van der Waals surface area contributed by atoms with Crippen molar-refractivity contribution in [3.63, 3.8) is 0 Å². The molecule has 2 aromatic rings. The van der Waals surface area contributed by atoms with E-state index in [0.29, 0.717) is 6.07 Å². The number of hydrogen-bond acceptors (Lipinski definition) is 2. The molecule has 2 nitrogen and oxygen atoms in total. The van der Waals surface area contributed by atoms with E-state index in [4.69, 9.17) is 17.3 Å². The van der Waals surface area contributed by atoms with Gasteiger partial charge in [-0.15, -0.1) is 0 Å². The van der Waals surface area contributed by atoms with Gasteiger partial charge >= 0.3 is 0 Å². The van der Waals surface area contributed by atoms with Crippen molar-refractivity contribution in [2.45, 2.75) is 0 Å². The average molecular weight is 273 g/mol. The van der Waals surface area contributed by atoms with E-state index in [1.165, 1.54) is 12.1 Å². The number of nitrogens with two attached hydrogens (primary N) is 1. The van der Waals surface area contributed by atoms with Gasteiger partial charge in [0, 0.05) is 11.8 Å². The number of rotatable bonds is 2. The first kappa shape index (κ1) is 12.6. The van der Waals surface area contributed by atoms with Crippen molar-refractivity contribution in [3.8, 4) is 0 Å². The third kappa shape index (κ3) is 2.51. The Kier molecular flexibility index (Phi) is 3.34. The molecule has 0 atom stereocenters. The highest BCUT2D eigenvalue weighted by Crippen LogP contribution is 2.28. The molecule has 0 aliphatic rings. The molecule has 2 aromatic carbocycles. The summed E-state index contributed by atoms with van der Waals surface area (Å²) in [5, 5.41) is 2.58. The zero-order valence-electron chi connectivity index (χ0n) is 8.98. The summed E-state index contributed by atoms with van der Waals surface area (Å²) in [6.07, 6.45) is 0. The molecule has 0 aliphatic heterocycles. The Morgan fingerprint density at radius 3 is 2.39 bits per heavy atom. The topological polar surface area (TPSA) is 38.0 Å². The van der Waals surface area contributed by atoms with Crippen LogP contribution in [0.25, 0.3) is 0 Å². The van der Waals surface area contributed by atoms with Crippen LogP contribution < -0.4 is 11.1 Å². The SMILES string of the molecule is Nc1c(F)cc(F)cc1Nc1ccc(Cl)c(F)c1. The highest BCUT2D eigenvalue weighted by molar-refractivity contribution is 6.30. The lowest BCUT2D eigenvalue weighted by Crippen LogP contribution is -2.00. The molecule has 0 heterocycles. The van der Waals surface area contributed by atoms with Crippen molar-refractivity contribution >= 4 is 28.7 Å². The van der Waals surface area contributed by atoms with E-state index in [1.54, 1.807) is 0 Å². The zero-order valence-corrected chi connectivity index (χ0v) is 9.73. The quantitative estimate of drug-likeness (QED) is 0.808. The Labute approximate surface area is 106 Å². The first-order chi connectivity index (χ1) is 8.47. The van der Waals surface area contributed by atoms with Gasteiger partial charge in [-0.2, -0.15) is 0 Å². The molecular formula is C12H8ClF3N2. The molecule has 18 heavy (non-hydrogen) atoms. The van der Waals surface area contributed by atoms with E-state index in [9.17, 15) is 13.2 Å². The lowest BCUT2D eigenvalue weighted by atomic mass is 10.2. The maximum atomic E-state index is 13.2. The molecule has 3 N–H and O–H groups in total. The van der Waals surface area contributed by atoms with Crippen molar-refractivity contribution in [1.29, 1.82) is 0 Å². The van der Waals surface area contributed by atoms with Crippen LogP contribution in [-0.2, 0) is 0 Å². The van der Waals surface area contributed by atoms with Gasteiger partial charge in [-0.3, -0.25) is 0 Å². The maximum Gasteiger partial charge on any atom is 0.151 e. The van der Waals surface area contributed by atoms with Gasteiger partial charge in [0.2, 0.25) is 0 Å². The fourth-order valence-electron chi connectivity index (χ4n) is 1.42. The summed E-state index contributed by atoms with van der Waals surface area (Å²) in [7, 11) is 0. The molecule has 0 bridgehead atoms. The fourth-order valence-corrected chi connectivity index (χ4v) is 1.54. The molecule has 0 saturated heterocycles. The van der Waals surface area contributed by atoms with Crippen LogP contribution in [0.5, 0.6) is 0 Å². The number of nitrogen functional groups attached to an aromatic ring is 1. The van der Waals surface area contributed by atoms with Gasteiger partial charge in [0.1, 0.15) is 11.6 Å². The second-order valence-corrected chi connectivity index (χ2v) is 4.01. The second kappa shape index (κ2) is 4.78. The van der Waals surface area contributed by atoms with E-state index >= 15 is 0 Å². The van der Waals surface area contributed by atoms with Crippen LogP contribution in [0, 0.1) is 17.5 Å². The zero-order chi connectivity index (χ0) is 13.3. The Balaban J connectivity index is 2.36. The van der Waals surface area contributed by atoms with Crippen LogP contribution in [-0.4, -0.2) is 0 Å². The van der Waals surface area contributed by atoms with E-state index < -0.39 is 17.5 Å². The summed E-state index contributed by atoms with van der Waals surface area (Å²) in [4.78, 5) is 0. The van der Waals surface area contributed by atoms with E-state index in [2.05, 4.69) is 5.32 Å². The van der Waals surface area contributed by atoms with Crippen LogP contribution in [0.3, 0.4) is 0 Å². The average Bonchev–Trinajstić information content (AvgIpc) is 2.30. The van der Waals surface area contributed by atoms with Gasteiger partial charge in [-0.05, 0) is 24.3 Å². The highest BCUT2D eigenvalue weighted by atomic mass is 35.5. The largest absolute Gasteiger partial charge is 0.395 e. The standard InChI is InChI=1S/C12H8ClF3N2/c13-8-2-1-7(5-9(8)15)18-11-4-6(14)3-10(16)12(11)17/h1-5,18H,17H2. The number of nitrogens with one attached hydrogen (secondary N) is 1. The Morgan fingerprint density at radius 1 is 1.00 bits per heavy atom. The minimum absolute atomic E-state index is 0.0224. The van der Waals surface area contributed by atoms with Gasteiger partial charge in [-0.1, -0.05) is 11.6 Å². The fraction of sp³-hybridized carbons (Fsp3) is 0. The maximum absolute atomic E-state index is 13.2. The molecule has 0 amide bonds. The molecule has 2 rings (SSSR count). The minimum atomic E-state index is -0.882. The van der Waals surface area contributed by atoms with Crippen LogP contribution in [0.15, 0.2) is 30.3 Å². The minimum Gasteiger partial charge on any atom is -0.395 e. The van der Waals surface area contributed by atoms with Crippen LogP contribution >= 0.6 is 11.6 Å². The predicted molar refractivity (Wildman–Crippen MR) is 65.5 cm³/mol. The number of anilines is 3. The third-order valence-corrected chi connectivity index (χ3v) is 2.60. The van der Waals surface area contributed by atoms with Gasteiger partial charge in [0.15, 0.2) is 5.82 Å². The van der Waals surface area contributed by atoms with Crippen molar-refractivity contribution < 1.29 is 13.2 Å². The number of halogens is 4.